The van der Waals surface area contributed by atoms with Crippen LogP contribution in [0.1, 0.15) is 43.2 Å². The quantitative estimate of drug-likeness (QED) is 0.363. The Morgan fingerprint density at radius 1 is 1.19 bits per heavy atom. The van der Waals surface area contributed by atoms with Crippen molar-refractivity contribution in [2.75, 3.05) is 7.11 Å². The maximum Gasteiger partial charge on any atom is 0.267 e. The minimum absolute atomic E-state index is 0.00446. The molecule has 0 spiro atoms. The number of benzene rings is 2. The topological polar surface area (TPSA) is 62.1 Å². The predicted octanol–water partition coefficient (Wildman–Crippen LogP) is 6.25. The largest absolute Gasteiger partial charge is 0.504 e. The van der Waals surface area contributed by atoms with E-state index in [9.17, 15) is 9.90 Å². The van der Waals surface area contributed by atoms with Gasteiger partial charge in [-0.15, -0.1) is 0 Å². The van der Waals surface area contributed by atoms with Crippen LogP contribution in [0.15, 0.2) is 46.3 Å². The molecular formula is C24H25IN2O3S. The molecule has 31 heavy (non-hydrogen) atoms. The van der Waals surface area contributed by atoms with Crippen LogP contribution in [-0.2, 0) is 4.79 Å². The molecule has 1 heterocycles. The van der Waals surface area contributed by atoms with Crippen molar-refractivity contribution in [1.82, 2.24) is 4.90 Å². The SMILES string of the molecule is COc1cc(/C=C2/SC(=Nc3ccc(C)cc3)N(C3CCCCC3)C2=O)cc(I)c1O. The summed E-state index contributed by atoms with van der Waals surface area (Å²) < 4.78 is 5.95. The zero-order chi connectivity index (χ0) is 22.0. The molecule has 1 amide bonds. The molecule has 2 aliphatic rings. The van der Waals surface area contributed by atoms with E-state index >= 15 is 0 Å². The standard InChI is InChI=1S/C24H25IN2O3S/c1-15-8-10-17(11-9-15)26-24-27(18-6-4-3-5-7-18)23(29)21(31-24)14-16-12-19(25)22(28)20(13-16)30-2/h8-14,18,28H,3-7H2,1-2H3/b21-14+,26-24?. The van der Waals surface area contributed by atoms with Gasteiger partial charge in [0.15, 0.2) is 16.7 Å². The van der Waals surface area contributed by atoms with E-state index in [0.29, 0.717) is 14.2 Å². The molecule has 7 heteroatoms. The zero-order valence-corrected chi connectivity index (χ0v) is 20.6. The van der Waals surface area contributed by atoms with E-state index in [1.54, 1.807) is 6.07 Å². The van der Waals surface area contributed by atoms with Gasteiger partial charge in [0.25, 0.3) is 5.91 Å². The molecule has 1 aliphatic carbocycles. The average molecular weight is 548 g/mol. The number of rotatable bonds is 4. The normalized spacial score (nSPS) is 20.1. The number of amidine groups is 1. The van der Waals surface area contributed by atoms with Crippen molar-refractivity contribution >= 4 is 57.2 Å². The second-order valence-corrected chi connectivity index (χ2v) is 10.0. The summed E-state index contributed by atoms with van der Waals surface area (Å²) in [6.07, 6.45) is 7.40. The highest BCUT2D eigenvalue weighted by Crippen LogP contribution is 2.40. The minimum atomic E-state index is 0.00446. The highest BCUT2D eigenvalue weighted by Gasteiger charge is 2.38. The van der Waals surface area contributed by atoms with Gasteiger partial charge in [-0.1, -0.05) is 37.0 Å². The van der Waals surface area contributed by atoms with Crippen molar-refractivity contribution in [1.29, 1.82) is 0 Å². The predicted molar refractivity (Wildman–Crippen MR) is 135 cm³/mol. The van der Waals surface area contributed by atoms with Gasteiger partial charge in [-0.2, -0.15) is 0 Å². The molecule has 4 rings (SSSR count). The van der Waals surface area contributed by atoms with Gasteiger partial charge in [-0.3, -0.25) is 9.69 Å². The van der Waals surface area contributed by atoms with Gasteiger partial charge in [0.05, 0.1) is 21.3 Å². The molecule has 0 unspecified atom stereocenters. The highest BCUT2D eigenvalue weighted by molar-refractivity contribution is 14.1. The average Bonchev–Trinajstić information content (AvgIpc) is 3.07. The van der Waals surface area contributed by atoms with E-state index in [1.165, 1.54) is 30.9 Å². The van der Waals surface area contributed by atoms with Gasteiger partial charge in [0.2, 0.25) is 0 Å². The maximum absolute atomic E-state index is 13.4. The van der Waals surface area contributed by atoms with E-state index in [4.69, 9.17) is 9.73 Å². The monoisotopic (exact) mass is 548 g/mol. The summed E-state index contributed by atoms with van der Waals surface area (Å²) >= 11 is 3.49. The third-order valence-electron chi connectivity index (χ3n) is 5.60. The molecule has 1 N–H and O–H groups in total. The van der Waals surface area contributed by atoms with E-state index in [0.717, 1.165) is 42.1 Å². The van der Waals surface area contributed by atoms with Gasteiger partial charge < -0.3 is 9.84 Å². The fourth-order valence-electron chi connectivity index (χ4n) is 3.94. The summed E-state index contributed by atoms with van der Waals surface area (Å²) in [5, 5.41) is 10.9. The number of nitrogens with zero attached hydrogens (tertiary/aromatic N) is 2. The molecule has 1 saturated carbocycles. The molecule has 1 aliphatic heterocycles. The van der Waals surface area contributed by atoms with E-state index in [-0.39, 0.29) is 17.7 Å². The number of thioether (sulfide) groups is 1. The van der Waals surface area contributed by atoms with Gasteiger partial charge in [-0.05, 0) is 90.0 Å². The van der Waals surface area contributed by atoms with Crippen LogP contribution in [0.3, 0.4) is 0 Å². The van der Waals surface area contributed by atoms with Crippen LogP contribution in [0.2, 0.25) is 0 Å². The minimum Gasteiger partial charge on any atom is -0.504 e. The van der Waals surface area contributed by atoms with Crippen molar-refractivity contribution in [2.24, 2.45) is 4.99 Å². The summed E-state index contributed by atoms with van der Waals surface area (Å²) in [5.41, 5.74) is 2.85. The van der Waals surface area contributed by atoms with Crippen LogP contribution in [0.25, 0.3) is 6.08 Å². The number of aryl methyl sites for hydroxylation is 1. The Hall–Kier alpha value is -2.00. The Bertz CT molecular complexity index is 1040. The number of amides is 1. The molecule has 0 radical (unpaired) electrons. The molecule has 2 aromatic carbocycles. The Labute approximate surface area is 200 Å². The van der Waals surface area contributed by atoms with Crippen molar-refractivity contribution in [2.45, 2.75) is 45.1 Å². The molecule has 1 saturated heterocycles. The summed E-state index contributed by atoms with van der Waals surface area (Å²) in [6, 6.07) is 11.8. The third-order valence-corrected chi connectivity index (χ3v) is 7.41. The first-order chi connectivity index (χ1) is 15.0. The van der Waals surface area contributed by atoms with E-state index < -0.39 is 0 Å². The maximum atomic E-state index is 13.4. The van der Waals surface area contributed by atoms with Crippen LogP contribution < -0.4 is 4.74 Å². The Kier molecular flexibility index (Phi) is 6.91. The van der Waals surface area contributed by atoms with Crippen molar-refractivity contribution in [3.63, 3.8) is 0 Å². The lowest BCUT2D eigenvalue weighted by molar-refractivity contribution is -0.124. The second kappa shape index (κ2) is 9.65. The summed E-state index contributed by atoms with van der Waals surface area (Å²) in [4.78, 5) is 20.8. The lowest BCUT2D eigenvalue weighted by Crippen LogP contribution is -2.40. The Morgan fingerprint density at radius 3 is 2.58 bits per heavy atom. The molecule has 162 valence electrons. The fourth-order valence-corrected chi connectivity index (χ4v) is 5.62. The first-order valence-corrected chi connectivity index (χ1v) is 12.3. The number of halogens is 1. The number of carbonyl (C=O) groups excluding carboxylic acids is 1. The summed E-state index contributed by atoms with van der Waals surface area (Å²) in [6.45, 7) is 2.05. The number of methoxy groups -OCH3 is 1. The smallest absolute Gasteiger partial charge is 0.267 e. The fraction of sp³-hybridized carbons (Fsp3) is 0.333. The molecule has 5 nitrogen and oxygen atoms in total. The molecule has 0 aromatic heterocycles. The van der Waals surface area contributed by atoms with E-state index in [1.807, 2.05) is 48.2 Å². The van der Waals surface area contributed by atoms with Gasteiger partial charge >= 0.3 is 0 Å². The number of aliphatic imine (C=N–C) groups is 1. The van der Waals surface area contributed by atoms with Crippen LogP contribution in [0.4, 0.5) is 5.69 Å². The zero-order valence-electron chi connectivity index (χ0n) is 17.6. The van der Waals surface area contributed by atoms with Crippen molar-refractivity contribution in [3.05, 3.63) is 56.0 Å². The first-order valence-electron chi connectivity index (χ1n) is 10.4. The number of phenolic OH excluding ortho intramolecular Hbond substituents is 1. The van der Waals surface area contributed by atoms with Crippen LogP contribution >= 0.6 is 34.4 Å². The number of carbonyl (C=O) groups is 1. The molecule has 0 bridgehead atoms. The molecule has 0 atom stereocenters. The first kappa shape index (κ1) is 22.2. The highest BCUT2D eigenvalue weighted by atomic mass is 127. The van der Waals surface area contributed by atoms with E-state index in [2.05, 4.69) is 22.6 Å². The van der Waals surface area contributed by atoms with Crippen molar-refractivity contribution < 1.29 is 14.6 Å². The number of hydrogen-bond acceptors (Lipinski definition) is 5. The van der Waals surface area contributed by atoms with Gasteiger partial charge in [0.1, 0.15) is 0 Å². The number of aromatic hydroxyl groups is 1. The second-order valence-electron chi connectivity index (χ2n) is 7.86. The lowest BCUT2D eigenvalue weighted by atomic mass is 9.94. The lowest BCUT2D eigenvalue weighted by Gasteiger charge is -2.30. The molecule has 2 fully saturated rings. The van der Waals surface area contributed by atoms with Crippen molar-refractivity contribution in [3.8, 4) is 11.5 Å². The van der Waals surface area contributed by atoms with Crippen LogP contribution in [0, 0.1) is 10.5 Å². The number of phenols is 1. The third kappa shape index (κ3) is 4.92. The van der Waals surface area contributed by atoms with Gasteiger partial charge in [-0.25, -0.2) is 4.99 Å². The number of hydrogen-bond donors (Lipinski definition) is 1. The summed E-state index contributed by atoms with van der Waals surface area (Å²) in [5.74, 6) is 0.512. The van der Waals surface area contributed by atoms with Crippen LogP contribution in [-0.4, -0.2) is 34.2 Å². The Morgan fingerprint density at radius 2 is 1.90 bits per heavy atom. The molecule has 2 aromatic rings. The Balaban J connectivity index is 1.72. The van der Waals surface area contributed by atoms with Gasteiger partial charge in [0, 0.05) is 6.04 Å². The van der Waals surface area contributed by atoms with Crippen LogP contribution in [0.5, 0.6) is 11.5 Å². The molecular weight excluding hydrogens is 523 g/mol. The summed E-state index contributed by atoms with van der Waals surface area (Å²) in [7, 11) is 1.52. The number of ether oxygens (including phenoxy) is 1.